The second-order valence-electron chi connectivity index (χ2n) is 7.53. The number of ether oxygens (including phenoxy) is 2. The van der Waals surface area contributed by atoms with Crippen LogP contribution in [0.2, 0.25) is 0 Å². The van der Waals surface area contributed by atoms with Gasteiger partial charge in [0, 0.05) is 23.6 Å². The van der Waals surface area contributed by atoms with Gasteiger partial charge in [0.1, 0.15) is 11.8 Å². The predicted octanol–water partition coefficient (Wildman–Crippen LogP) is 2.58. The van der Waals surface area contributed by atoms with Crippen molar-refractivity contribution >= 4 is 17.6 Å². The van der Waals surface area contributed by atoms with Crippen molar-refractivity contribution in [3.8, 4) is 6.07 Å². The number of nitrogens with zero attached hydrogens (tertiary/aromatic N) is 2. The number of methoxy groups -OCH3 is 1. The number of hydrogen-bond donors (Lipinski definition) is 1. The number of carbonyl (C=O) groups is 2. The summed E-state index contributed by atoms with van der Waals surface area (Å²) in [5.41, 5.74) is -0.957. The van der Waals surface area contributed by atoms with Crippen molar-refractivity contribution in [3.05, 3.63) is 51.2 Å². The van der Waals surface area contributed by atoms with Crippen LogP contribution in [-0.2, 0) is 19.1 Å². The van der Waals surface area contributed by atoms with Crippen LogP contribution in [0.25, 0.3) is 0 Å². The molecule has 2 atom stereocenters. The molecule has 29 heavy (non-hydrogen) atoms. The molecule has 2 rings (SSSR count). The topological polar surface area (TPSA) is 132 Å². The Balaban J connectivity index is 2.80. The van der Waals surface area contributed by atoms with Crippen molar-refractivity contribution in [2.24, 2.45) is 5.92 Å². The fourth-order valence-electron chi connectivity index (χ4n) is 3.56. The molecule has 0 spiro atoms. The molecular weight excluding hydrogens is 378 g/mol. The van der Waals surface area contributed by atoms with E-state index in [2.05, 4.69) is 5.32 Å². The number of allylic oxidation sites excluding steroid dienone is 1. The number of nitro benzene ring substituents is 1. The molecule has 2 unspecified atom stereocenters. The van der Waals surface area contributed by atoms with Gasteiger partial charge in [-0.3, -0.25) is 14.9 Å². The zero-order chi connectivity index (χ0) is 21.9. The Morgan fingerprint density at radius 1 is 1.34 bits per heavy atom. The van der Waals surface area contributed by atoms with Gasteiger partial charge < -0.3 is 14.8 Å². The summed E-state index contributed by atoms with van der Waals surface area (Å²) >= 11 is 0. The molecule has 0 aromatic heterocycles. The van der Waals surface area contributed by atoms with E-state index in [1.165, 1.54) is 18.2 Å². The zero-order valence-electron chi connectivity index (χ0n) is 16.9. The summed E-state index contributed by atoms with van der Waals surface area (Å²) in [6, 6.07) is 7.59. The lowest BCUT2D eigenvalue weighted by Gasteiger charge is -2.44. The largest absolute Gasteiger partial charge is 0.466 e. The number of benzene rings is 1. The van der Waals surface area contributed by atoms with Gasteiger partial charge in [-0.2, -0.15) is 5.26 Å². The highest BCUT2D eigenvalue weighted by Gasteiger charge is 2.51. The summed E-state index contributed by atoms with van der Waals surface area (Å²) in [5, 5.41) is 23.8. The van der Waals surface area contributed by atoms with E-state index in [-0.39, 0.29) is 17.0 Å². The van der Waals surface area contributed by atoms with Crippen LogP contribution in [0.5, 0.6) is 0 Å². The molecule has 0 fully saturated rings. The minimum Gasteiger partial charge on any atom is -0.466 e. The van der Waals surface area contributed by atoms with Crippen LogP contribution in [0, 0.1) is 27.4 Å². The summed E-state index contributed by atoms with van der Waals surface area (Å²) in [6.07, 6.45) is -0.410. The average molecular weight is 401 g/mol. The van der Waals surface area contributed by atoms with Gasteiger partial charge in [-0.1, -0.05) is 12.1 Å². The highest BCUT2D eigenvalue weighted by molar-refractivity contribution is 5.94. The molecule has 0 bridgehead atoms. The number of esters is 2. The maximum atomic E-state index is 13.0. The van der Waals surface area contributed by atoms with Crippen LogP contribution in [0.4, 0.5) is 5.69 Å². The summed E-state index contributed by atoms with van der Waals surface area (Å²) in [4.78, 5) is 36.3. The molecule has 154 valence electrons. The molecule has 9 nitrogen and oxygen atoms in total. The number of nitrogens with one attached hydrogen (secondary N) is 1. The second kappa shape index (κ2) is 8.31. The van der Waals surface area contributed by atoms with Crippen LogP contribution >= 0.6 is 0 Å². The lowest BCUT2D eigenvalue weighted by atomic mass is 9.68. The van der Waals surface area contributed by atoms with Crippen LogP contribution in [0.3, 0.4) is 0 Å². The van der Waals surface area contributed by atoms with Crippen molar-refractivity contribution in [2.75, 3.05) is 7.11 Å². The summed E-state index contributed by atoms with van der Waals surface area (Å²) in [7, 11) is 1.16. The predicted molar refractivity (Wildman–Crippen MR) is 102 cm³/mol. The number of non-ortho nitro benzene ring substituents is 1. The van der Waals surface area contributed by atoms with Gasteiger partial charge in [0.15, 0.2) is 0 Å². The van der Waals surface area contributed by atoms with Gasteiger partial charge in [0.05, 0.1) is 29.6 Å². The number of rotatable bonds is 5. The Hall–Kier alpha value is -3.41. The first-order chi connectivity index (χ1) is 13.5. The van der Waals surface area contributed by atoms with Crippen molar-refractivity contribution in [3.63, 3.8) is 0 Å². The Morgan fingerprint density at radius 3 is 2.52 bits per heavy atom. The van der Waals surface area contributed by atoms with Gasteiger partial charge in [-0.25, -0.2) is 4.79 Å². The first-order valence-electron chi connectivity index (χ1n) is 8.99. The fourth-order valence-corrected chi connectivity index (χ4v) is 3.56. The van der Waals surface area contributed by atoms with Crippen LogP contribution in [0.1, 0.15) is 39.2 Å². The maximum absolute atomic E-state index is 13.0. The molecule has 1 aliphatic heterocycles. The summed E-state index contributed by atoms with van der Waals surface area (Å²) in [5.74, 6) is -3.31. The standard InChI is InChI=1S/C20H23N3O6/c1-11(2)29-19(25)17-15(12-7-6-8-13(9-12)23(26)27)16(18(24)28-5)14(10-21)22-20(17,3)4/h6-9,11,15,17,22H,1-5H3. The smallest absolute Gasteiger partial charge is 0.337 e. The van der Waals surface area contributed by atoms with Gasteiger partial charge in [0.25, 0.3) is 5.69 Å². The van der Waals surface area contributed by atoms with Crippen molar-refractivity contribution < 1.29 is 24.0 Å². The monoisotopic (exact) mass is 401 g/mol. The van der Waals surface area contributed by atoms with E-state index >= 15 is 0 Å². The molecule has 0 radical (unpaired) electrons. The minimum absolute atomic E-state index is 0.0491. The molecule has 1 aromatic rings. The first kappa shape index (κ1) is 21.9. The molecule has 0 saturated carbocycles. The molecule has 1 heterocycles. The molecule has 1 aromatic carbocycles. The molecule has 0 saturated heterocycles. The van der Waals surface area contributed by atoms with Crippen LogP contribution in [-0.4, -0.2) is 35.6 Å². The van der Waals surface area contributed by atoms with Crippen molar-refractivity contribution in [1.29, 1.82) is 5.26 Å². The number of hydrogen-bond acceptors (Lipinski definition) is 8. The summed E-state index contributed by atoms with van der Waals surface area (Å²) < 4.78 is 10.3. The Labute approximate surface area is 168 Å². The number of nitro groups is 1. The van der Waals surface area contributed by atoms with Crippen molar-refractivity contribution in [1.82, 2.24) is 5.32 Å². The van der Waals surface area contributed by atoms with E-state index in [0.717, 1.165) is 7.11 Å². The van der Waals surface area contributed by atoms with E-state index in [9.17, 15) is 25.0 Å². The van der Waals surface area contributed by atoms with E-state index in [4.69, 9.17) is 9.47 Å². The third-order valence-corrected chi connectivity index (χ3v) is 4.70. The van der Waals surface area contributed by atoms with Crippen LogP contribution in [0.15, 0.2) is 35.5 Å². The van der Waals surface area contributed by atoms with E-state index < -0.39 is 40.3 Å². The molecule has 0 amide bonds. The first-order valence-corrected chi connectivity index (χ1v) is 8.99. The normalized spacial score (nSPS) is 20.4. The SMILES string of the molecule is COC(=O)C1=C(C#N)NC(C)(C)C(C(=O)OC(C)C)C1c1cccc([N+](=O)[O-])c1. The summed E-state index contributed by atoms with van der Waals surface area (Å²) in [6.45, 7) is 6.80. The lowest BCUT2D eigenvalue weighted by Crippen LogP contribution is -2.56. The third-order valence-electron chi connectivity index (χ3n) is 4.70. The van der Waals surface area contributed by atoms with E-state index in [0.29, 0.717) is 5.56 Å². The van der Waals surface area contributed by atoms with E-state index in [1.807, 2.05) is 6.07 Å². The van der Waals surface area contributed by atoms with Gasteiger partial charge in [0.2, 0.25) is 0 Å². The van der Waals surface area contributed by atoms with Crippen LogP contribution < -0.4 is 5.32 Å². The maximum Gasteiger partial charge on any atom is 0.337 e. The van der Waals surface area contributed by atoms with Gasteiger partial charge in [-0.15, -0.1) is 0 Å². The second-order valence-corrected chi connectivity index (χ2v) is 7.53. The van der Waals surface area contributed by atoms with Crippen molar-refractivity contribution in [2.45, 2.75) is 45.3 Å². The lowest BCUT2D eigenvalue weighted by molar-refractivity contribution is -0.384. The van der Waals surface area contributed by atoms with E-state index in [1.54, 1.807) is 33.8 Å². The zero-order valence-corrected chi connectivity index (χ0v) is 16.9. The average Bonchev–Trinajstić information content (AvgIpc) is 2.65. The quantitative estimate of drug-likeness (QED) is 0.452. The molecule has 1 N–H and O–H groups in total. The third kappa shape index (κ3) is 4.37. The number of carbonyl (C=O) groups excluding carboxylic acids is 2. The highest BCUT2D eigenvalue weighted by atomic mass is 16.6. The fraction of sp³-hybridized carbons (Fsp3) is 0.450. The Bertz CT molecular complexity index is 913. The molecule has 9 heteroatoms. The number of nitriles is 1. The Morgan fingerprint density at radius 2 is 2.00 bits per heavy atom. The molecule has 1 aliphatic rings. The minimum atomic E-state index is -0.982. The van der Waals surface area contributed by atoms with Gasteiger partial charge >= 0.3 is 11.9 Å². The Kier molecular flexibility index (Phi) is 6.27. The highest BCUT2D eigenvalue weighted by Crippen LogP contribution is 2.45. The van der Waals surface area contributed by atoms with Gasteiger partial charge in [-0.05, 0) is 33.3 Å². The molecular formula is C20H23N3O6. The molecule has 0 aliphatic carbocycles.